The van der Waals surface area contributed by atoms with Gasteiger partial charge in [0.25, 0.3) is 17.4 Å². The molecule has 0 spiro atoms. The van der Waals surface area contributed by atoms with Gasteiger partial charge in [0.1, 0.15) is 5.69 Å². The van der Waals surface area contributed by atoms with Crippen molar-refractivity contribution in [1.29, 1.82) is 0 Å². The number of rotatable bonds is 4. The van der Waals surface area contributed by atoms with E-state index in [1.165, 1.54) is 28.6 Å². The summed E-state index contributed by atoms with van der Waals surface area (Å²) in [7, 11) is 1.59. The smallest absolute Gasteiger partial charge is 0.274 e. The summed E-state index contributed by atoms with van der Waals surface area (Å²) in [4.78, 5) is 40.7. The Balaban J connectivity index is 1.86. The third-order valence-electron chi connectivity index (χ3n) is 5.10. The highest BCUT2D eigenvalue weighted by molar-refractivity contribution is 7.98. The minimum absolute atomic E-state index is 0.109. The lowest BCUT2D eigenvalue weighted by molar-refractivity contribution is 0.0696. The molecular formula is C21H25N3O3S. The van der Waals surface area contributed by atoms with Crippen molar-refractivity contribution in [1.82, 2.24) is 9.47 Å². The Kier molecular flexibility index (Phi) is 6.24. The topological polar surface area (TPSA) is 71.4 Å². The molecule has 148 valence electrons. The standard InChI is InChI=1S/C21H25N3O3S/c1-14-8-10-24(11-9-14)20(26)15-12-17(21(27)23(2)13-15)22-19(25)16-6-4-5-7-18(16)28-3/h4-7,12-14H,8-11H2,1-3H3,(H,22,25). The molecule has 7 heteroatoms. The van der Waals surface area contributed by atoms with E-state index in [2.05, 4.69) is 12.2 Å². The first-order chi connectivity index (χ1) is 13.4. The van der Waals surface area contributed by atoms with Gasteiger partial charge in [0.05, 0.1) is 11.1 Å². The van der Waals surface area contributed by atoms with Crippen molar-refractivity contribution in [3.8, 4) is 0 Å². The first-order valence-electron chi connectivity index (χ1n) is 9.35. The van der Waals surface area contributed by atoms with E-state index in [-0.39, 0.29) is 23.1 Å². The van der Waals surface area contributed by atoms with Gasteiger partial charge in [-0.15, -0.1) is 11.8 Å². The zero-order valence-corrected chi connectivity index (χ0v) is 17.2. The molecule has 1 N–H and O–H groups in total. The molecule has 0 bridgehead atoms. The number of pyridine rings is 1. The van der Waals surface area contributed by atoms with Gasteiger partial charge in [0, 0.05) is 31.2 Å². The van der Waals surface area contributed by atoms with Crippen LogP contribution in [-0.2, 0) is 7.05 Å². The van der Waals surface area contributed by atoms with Crippen LogP contribution in [0.5, 0.6) is 0 Å². The summed E-state index contributed by atoms with van der Waals surface area (Å²) in [6.07, 6.45) is 5.39. The van der Waals surface area contributed by atoms with Crippen LogP contribution in [0.2, 0.25) is 0 Å². The van der Waals surface area contributed by atoms with Crippen LogP contribution in [-0.4, -0.2) is 40.6 Å². The molecule has 0 aliphatic carbocycles. The van der Waals surface area contributed by atoms with Gasteiger partial charge in [0.2, 0.25) is 0 Å². The fraction of sp³-hybridized carbons (Fsp3) is 0.381. The Bertz CT molecular complexity index is 946. The van der Waals surface area contributed by atoms with Crippen LogP contribution < -0.4 is 10.9 Å². The lowest BCUT2D eigenvalue weighted by Crippen LogP contribution is -2.38. The maximum Gasteiger partial charge on any atom is 0.274 e. The van der Waals surface area contributed by atoms with Crippen molar-refractivity contribution >= 4 is 29.3 Å². The maximum atomic E-state index is 12.9. The van der Waals surface area contributed by atoms with Crippen molar-refractivity contribution in [2.75, 3.05) is 24.7 Å². The number of piperidine rings is 1. The second-order valence-electron chi connectivity index (χ2n) is 7.19. The average Bonchev–Trinajstić information content (AvgIpc) is 2.71. The number of nitrogens with zero attached hydrogens (tertiary/aromatic N) is 2. The molecular weight excluding hydrogens is 374 g/mol. The van der Waals surface area contributed by atoms with E-state index < -0.39 is 0 Å². The largest absolute Gasteiger partial charge is 0.339 e. The normalized spacial score (nSPS) is 14.8. The number of aryl methyl sites for hydroxylation is 1. The van der Waals surface area contributed by atoms with Crippen LogP contribution in [0.4, 0.5) is 5.69 Å². The zero-order chi connectivity index (χ0) is 20.3. The number of hydrogen-bond acceptors (Lipinski definition) is 4. The van der Waals surface area contributed by atoms with E-state index in [1.807, 2.05) is 23.3 Å². The first-order valence-corrected chi connectivity index (χ1v) is 10.6. The van der Waals surface area contributed by atoms with Gasteiger partial charge in [-0.2, -0.15) is 0 Å². The fourth-order valence-electron chi connectivity index (χ4n) is 3.33. The van der Waals surface area contributed by atoms with Gasteiger partial charge < -0.3 is 14.8 Å². The summed E-state index contributed by atoms with van der Waals surface area (Å²) in [5.74, 6) is 0.150. The van der Waals surface area contributed by atoms with Crippen molar-refractivity contribution in [2.45, 2.75) is 24.7 Å². The van der Waals surface area contributed by atoms with Gasteiger partial charge in [-0.3, -0.25) is 14.4 Å². The first kappa shape index (κ1) is 20.2. The third kappa shape index (κ3) is 4.30. The van der Waals surface area contributed by atoms with Crippen molar-refractivity contribution in [3.63, 3.8) is 0 Å². The molecule has 1 aromatic heterocycles. The summed E-state index contributed by atoms with van der Waals surface area (Å²) in [5, 5.41) is 2.69. The summed E-state index contributed by atoms with van der Waals surface area (Å²) >= 11 is 1.46. The van der Waals surface area contributed by atoms with Gasteiger partial charge >= 0.3 is 0 Å². The number of benzene rings is 1. The van der Waals surface area contributed by atoms with Crippen LogP contribution in [0, 0.1) is 5.92 Å². The van der Waals surface area contributed by atoms with Crippen LogP contribution in [0.15, 0.2) is 46.2 Å². The molecule has 6 nitrogen and oxygen atoms in total. The SMILES string of the molecule is CSc1ccccc1C(=O)Nc1cc(C(=O)N2CCC(C)CC2)cn(C)c1=O. The number of likely N-dealkylation sites (tertiary alicyclic amines) is 1. The molecule has 2 amide bonds. The highest BCUT2D eigenvalue weighted by Gasteiger charge is 2.23. The average molecular weight is 400 g/mol. The second-order valence-corrected chi connectivity index (χ2v) is 8.04. The lowest BCUT2D eigenvalue weighted by Gasteiger charge is -2.30. The summed E-state index contributed by atoms with van der Waals surface area (Å²) < 4.78 is 1.34. The van der Waals surface area contributed by atoms with E-state index in [9.17, 15) is 14.4 Å². The quantitative estimate of drug-likeness (QED) is 0.802. The number of thioether (sulfide) groups is 1. The number of aromatic nitrogens is 1. The van der Waals surface area contributed by atoms with E-state index >= 15 is 0 Å². The van der Waals surface area contributed by atoms with Gasteiger partial charge in [-0.05, 0) is 43.2 Å². The molecule has 28 heavy (non-hydrogen) atoms. The van der Waals surface area contributed by atoms with E-state index in [0.29, 0.717) is 30.1 Å². The van der Waals surface area contributed by atoms with Crippen LogP contribution in [0.25, 0.3) is 0 Å². The van der Waals surface area contributed by atoms with Gasteiger partial charge in [-0.25, -0.2) is 0 Å². The van der Waals surface area contributed by atoms with E-state index in [0.717, 1.165) is 17.7 Å². The lowest BCUT2D eigenvalue weighted by atomic mass is 9.99. The van der Waals surface area contributed by atoms with Crippen molar-refractivity contribution in [2.24, 2.45) is 13.0 Å². The van der Waals surface area contributed by atoms with Crippen LogP contribution in [0.1, 0.15) is 40.5 Å². The molecule has 2 heterocycles. The number of anilines is 1. The summed E-state index contributed by atoms with van der Waals surface area (Å²) in [5.41, 5.74) is 0.669. The molecule has 1 aliphatic heterocycles. The molecule has 1 saturated heterocycles. The maximum absolute atomic E-state index is 12.9. The molecule has 2 aromatic rings. The molecule has 0 atom stereocenters. The van der Waals surface area contributed by atoms with Crippen LogP contribution in [0.3, 0.4) is 0 Å². The Morgan fingerprint density at radius 2 is 1.86 bits per heavy atom. The number of carbonyl (C=O) groups excluding carboxylic acids is 2. The van der Waals surface area contributed by atoms with Gasteiger partial charge in [-0.1, -0.05) is 19.1 Å². The molecule has 3 rings (SSSR count). The van der Waals surface area contributed by atoms with Crippen molar-refractivity contribution in [3.05, 3.63) is 58.0 Å². The predicted molar refractivity (Wildman–Crippen MR) is 112 cm³/mol. The Morgan fingerprint density at radius 3 is 2.54 bits per heavy atom. The summed E-state index contributed by atoms with van der Waals surface area (Å²) in [6.45, 7) is 3.62. The Labute approximate surface area is 168 Å². The monoisotopic (exact) mass is 399 g/mol. The number of carbonyl (C=O) groups is 2. The van der Waals surface area contributed by atoms with Crippen molar-refractivity contribution < 1.29 is 9.59 Å². The zero-order valence-electron chi connectivity index (χ0n) is 16.4. The molecule has 1 aliphatic rings. The summed E-state index contributed by atoms with van der Waals surface area (Å²) in [6, 6.07) is 8.71. The molecule has 1 fully saturated rings. The van der Waals surface area contributed by atoms with Gasteiger partial charge in [0.15, 0.2) is 0 Å². The van der Waals surface area contributed by atoms with Crippen LogP contribution >= 0.6 is 11.8 Å². The molecule has 0 radical (unpaired) electrons. The predicted octanol–water partition coefficient (Wildman–Crippen LogP) is 3.23. The number of amides is 2. The second kappa shape index (κ2) is 8.65. The third-order valence-corrected chi connectivity index (χ3v) is 5.90. The highest BCUT2D eigenvalue weighted by atomic mass is 32.2. The van der Waals surface area contributed by atoms with E-state index in [1.54, 1.807) is 19.2 Å². The minimum Gasteiger partial charge on any atom is -0.339 e. The molecule has 1 aromatic carbocycles. The molecule has 0 saturated carbocycles. The molecule has 0 unspecified atom stereocenters. The minimum atomic E-state index is -0.363. The Morgan fingerprint density at radius 1 is 1.18 bits per heavy atom. The number of hydrogen-bond donors (Lipinski definition) is 1. The van der Waals surface area contributed by atoms with E-state index in [4.69, 9.17) is 0 Å². The fourth-order valence-corrected chi connectivity index (χ4v) is 3.93. The number of nitrogens with one attached hydrogen (secondary N) is 1. The highest BCUT2D eigenvalue weighted by Crippen LogP contribution is 2.21. The Hall–Kier alpha value is -2.54.